The highest BCUT2D eigenvalue weighted by Crippen LogP contribution is 2.31. The number of pyridine rings is 1. The third-order valence-electron chi connectivity index (χ3n) is 3.80. The zero-order valence-corrected chi connectivity index (χ0v) is 14.2. The van der Waals surface area contributed by atoms with Crippen molar-refractivity contribution in [2.45, 2.75) is 27.7 Å². The molecule has 0 aliphatic carbocycles. The Morgan fingerprint density at radius 2 is 1.79 bits per heavy atom. The highest BCUT2D eigenvalue weighted by molar-refractivity contribution is 5.97. The molecule has 0 unspecified atom stereocenters. The van der Waals surface area contributed by atoms with Gasteiger partial charge in [0, 0.05) is 35.6 Å². The van der Waals surface area contributed by atoms with Crippen LogP contribution < -0.4 is 0 Å². The normalized spacial score (nSPS) is 10.7. The molecule has 0 aliphatic rings. The van der Waals surface area contributed by atoms with Gasteiger partial charge in [-0.05, 0) is 42.7 Å². The summed E-state index contributed by atoms with van der Waals surface area (Å²) in [5.74, 6) is -0.245. The molecule has 0 N–H and O–H groups in total. The molecule has 3 heterocycles. The summed E-state index contributed by atoms with van der Waals surface area (Å²) in [4.78, 5) is 8.73. The predicted molar refractivity (Wildman–Crippen MR) is 94.5 cm³/mol. The van der Waals surface area contributed by atoms with E-state index in [2.05, 4.69) is 15.1 Å². The highest BCUT2D eigenvalue weighted by Gasteiger charge is 2.13. The molecule has 0 amide bonds. The van der Waals surface area contributed by atoms with Crippen LogP contribution in [0.25, 0.3) is 27.7 Å². The van der Waals surface area contributed by atoms with Crippen LogP contribution in [-0.4, -0.2) is 19.6 Å². The fraction of sp³-hybridized carbons (Fsp3) is 0.211. The van der Waals surface area contributed by atoms with Gasteiger partial charge in [-0.25, -0.2) is 13.9 Å². The van der Waals surface area contributed by atoms with E-state index in [-0.39, 0.29) is 5.82 Å². The van der Waals surface area contributed by atoms with E-state index >= 15 is 0 Å². The predicted octanol–water partition coefficient (Wildman–Crippen LogP) is 4.73. The summed E-state index contributed by atoms with van der Waals surface area (Å²) in [6, 6.07) is 5.21. The summed E-state index contributed by atoms with van der Waals surface area (Å²) in [5.41, 5.74) is 4.92. The molecule has 0 spiro atoms. The molecule has 4 aromatic rings. The Hall–Kier alpha value is -2.82. The summed E-state index contributed by atoms with van der Waals surface area (Å²) in [6.45, 7) is 7.73. The molecule has 122 valence electrons. The van der Waals surface area contributed by atoms with Crippen molar-refractivity contribution in [1.82, 2.24) is 19.6 Å². The molecule has 4 rings (SSSR count). The van der Waals surface area contributed by atoms with Gasteiger partial charge < -0.3 is 0 Å². The van der Waals surface area contributed by atoms with Crippen molar-refractivity contribution < 1.29 is 4.39 Å². The Kier molecular flexibility index (Phi) is 4.25. The van der Waals surface area contributed by atoms with Crippen LogP contribution in [0.4, 0.5) is 4.39 Å². The van der Waals surface area contributed by atoms with E-state index in [0.717, 1.165) is 27.7 Å². The lowest BCUT2D eigenvalue weighted by molar-refractivity contribution is 0.620. The summed E-state index contributed by atoms with van der Waals surface area (Å²) < 4.78 is 15.5. The topological polar surface area (TPSA) is 43.1 Å². The van der Waals surface area contributed by atoms with Crippen LogP contribution in [0.2, 0.25) is 0 Å². The van der Waals surface area contributed by atoms with Gasteiger partial charge in [-0.3, -0.25) is 4.98 Å². The molecule has 3 aromatic heterocycles. The third kappa shape index (κ3) is 2.62. The Morgan fingerprint density at radius 1 is 1.00 bits per heavy atom. The fourth-order valence-corrected chi connectivity index (χ4v) is 2.67. The molecule has 0 radical (unpaired) electrons. The number of benzene rings is 1. The molecule has 5 heteroatoms. The molecule has 0 fully saturated rings. The van der Waals surface area contributed by atoms with E-state index in [1.54, 1.807) is 23.8 Å². The number of fused-ring (bicyclic) bond motifs is 2. The number of aromatic nitrogens is 4. The van der Waals surface area contributed by atoms with Gasteiger partial charge in [-0.2, -0.15) is 5.10 Å². The quantitative estimate of drug-likeness (QED) is 0.509. The van der Waals surface area contributed by atoms with Gasteiger partial charge in [-0.1, -0.05) is 13.8 Å². The van der Waals surface area contributed by atoms with Gasteiger partial charge in [-0.15, -0.1) is 0 Å². The van der Waals surface area contributed by atoms with Gasteiger partial charge in [0.15, 0.2) is 5.65 Å². The minimum atomic E-state index is -0.245. The first-order chi connectivity index (χ1) is 11.6. The first kappa shape index (κ1) is 16.1. The molecule has 0 saturated heterocycles. The van der Waals surface area contributed by atoms with Crippen molar-refractivity contribution in [2.75, 3.05) is 0 Å². The molecule has 4 nitrogen and oxygen atoms in total. The van der Waals surface area contributed by atoms with Gasteiger partial charge in [0.05, 0.1) is 11.7 Å². The molecule has 0 bridgehead atoms. The molecule has 1 aromatic carbocycles. The standard InChI is InChI=1S/C17H13FN4.C2H6/c1-10-7-20-17-14(8-21-22(17)9-10)12-3-4-19-16-6-15(18)11(2)5-13(12)16;1-2/h3-9H,1-2H3;1-2H3. The summed E-state index contributed by atoms with van der Waals surface area (Å²) in [5, 5.41) is 5.26. The van der Waals surface area contributed by atoms with Crippen molar-refractivity contribution >= 4 is 16.6 Å². The minimum Gasteiger partial charge on any atom is -0.256 e. The Labute approximate surface area is 140 Å². The van der Waals surface area contributed by atoms with Crippen molar-refractivity contribution in [2.24, 2.45) is 0 Å². The zero-order valence-electron chi connectivity index (χ0n) is 14.2. The first-order valence-electron chi connectivity index (χ1n) is 7.99. The minimum absolute atomic E-state index is 0.245. The van der Waals surface area contributed by atoms with Crippen molar-refractivity contribution in [1.29, 1.82) is 0 Å². The number of rotatable bonds is 1. The second kappa shape index (κ2) is 6.35. The van der Waals surface area contributed by atoms with Crippen LogP contribution in [0.3, 0.4) is 0 Å². The SMILES string of the molecule is CC.Cc1cnc2c(-c3ccnc4cc(F)c(C)cc34)cnn2c1. The molecule has 0 saturated carbocycles. The number of hydrogen-bond donors (Lipinski definition) is 0. The lowest BCUT2D eigenvalue weighted by Crippen LogP contribution is -1.92. The third-order valence-corrected chi connectivity index (χ3v) is 3.80. The van der Waals surface area contributed by atoms with Crippen LogP contribution in [0, 0.1) is 19.7 Å². The van der Waals surface area contributed by atoms with E-state index in [9.17, 15) is 4.39 Å². The molecule has 24 heavy (non-hydrogen) atoms. The maximum atomic E-state index is 13.8. The van der Waals surface area contributed by atoms with Gasteiger partial charge in [0.25, 0.3) is 0 Å². The first-order valence-corrected chi connectivity index (χ1v) is 7.99. The van der Waals surface area contributed by atoms with E-state index < -0.39 is 0 Å². The summed E-state index contributed by atoms with van der Waals surface area (Å²) in [7, 11) is 0. The van der Waals surface area contributed by atoms with E-state index in [0.29, 0.717) is 11.1 Å². The second-order valence-electron chi connectivity index (χ2n) is 5.43. The molecule has 0 atom stereocenters. The Bertz CT molecular complexity index is 1020. The summed E-state index contributed by atoms with van der Waals surface area (Å²) >= 11 is 0. The van der Waals surface area contributed by atoms with E-state index in [4.69, 9.17) is 0 Å². The van der Waals surface area contributed by atoms with Crippen LogP contribution in [0.1, 0.15) is 25.0 Å². The lowest BCUT2D eigenvalue weighted by atomic mass is 10.0. The monoisotopic (exact) mass is 322 g/mol. The smallest absolute Gasteiger partial charge is 0.162 e. The maximum absolute atomic E-state index is 13.8. The van der Waals surface area contributed by atoms with Crippen LogP contribution in [0.5, 0.6) is 0 Å². The van der Waals surface area contributed by atoms with Crippen LogP contribution >= 0.6 is 0 Å². The molecular weight excluding hydrogens is 303 g/mol. The maximum Gasteiger partial charge on any atom is 0.162 e. The number of halogens is 1. The van der Waals surface area contributed by atoms with Gasteiger partial charge in [0.2, 0.25) is 0 Å². The van der Waals surface area contributed by atoms with Crippen molar-refractivity contribution in [3.63, 3.8) is 0 Å². The fourth-order valence-electron chi connectivity index (χ4n) is 2.67. The largest absolute Gasteiger partial charge is 0.256 e. The van der Waals surface area contributed by atoms with Gasteiger partial charge >= 0.3 is 0 Å². The summed E-state index contributed by atoms with van der Waals surface area (Å²) in [6.07, 6.45) is 7.22. The van der Waals surface area contributed by atoms with Crippen LogP contribution in [-0.2, 0) is 0 Å². The lowest BCUT2D eigenvalue weighted by Gasteiger charge is -2.06. The Balaban J connectivity index is 0.000000815. The average molecular weight is 322 g/mol. The van der Waals surface area contributed by atoms with Crippen LogP contribution in [0.15, 0.2) is 43.0 Å². The molecule has 0 aliphatic heterocycles. The second-order valence-corrected chi connectivity index (χ2v) is 5.43. The highest BCUT2D eigenvalue weighted by atomic mass is 19.1. The van der Waals surface area contributed by atoms with E-state index in [1.807, 2.05) is 45.3 Å². The van der Waals surface area contributed by atoms with Crippen molar-refractivity contribution in [3.8, 4) is 11.1 Å². The average Bonchev–Trinajstić information content (AvgIpc) is 3.00. The number of nitrogens with zero attached hydrogens (tertiary/aromatic N) is 4. The van der Waals surface area contributed by atoms with E-state index in [1.165, 1.54) is 6.07 Å². The number of aryl methyl sites for hydroxylation is 2. The Morgan fingerprint density at radius 3 is 2.58 bits per heavy atom. The zero-order chi connectivity index (χ0) is 17.3. The van der Waals surface area contributed by atoms with Gasteiger partial charge in [0.1, 0.15) is 5.82 Å². The molecular formula is C19H19FN4. The van der Waals surface area contributed by atoms with Crippen molar-refractivity contribution in [3.05, 3.63) is 59.9 Å². The number of hydrogen-bond acceptors (Lipinski definition) is 3.